The van der Waals surface area contributed by atoms with E-state index in [0.29, 0.717) is 0 Å². The first-order chi connectivity index (χ1) is 15.6. The van der Waals surface area contributed by atoms with Gasteiger partial charge in [0.05, 0.1) is 10.6 Å². The number of benzene rings is 1. The Morgan fingerprint density at radius 1 is 1.06 bits per heavy atom. The summed E-state index contributed by atoms with van der Waals surface area (Å²) in [7, 11) is -3.58. The lowest BCUT2D eigenvalue weighted by atomic mass is 9.94. The van der Waals surface area contributed by atoms with Gasteiger partial charge in [-0.3, -0.25) is 9.59 Å². The molecule has 1 rings (SSSR count). The van der Waals surface area contributed by atoms with E-state index in [9.17, 15) is 27.9 Å². The van der Waals surface area contributed by atoms with Crippen molar-refractivity contribution in [3.63, 3.8) is 0 Å². The van der Waals surface area contributed by atoms with Gasteiger partial charge in [-0.1, -0.05) is 17.7 Å². The van der Waals surface area contributed by atoms with Gasteiger partial charge in [-0.15, -0.1) is 0 Å². The number of ether oxygens (including phenoxy) is 1. The molecule has 2 unspecified atom stereocenters. The minimum atomic E-state index is -3.58. The molecule has 0 amide bonds. The molecule has 0 radical (unpaired) electrons. The van der Waals surface area contributed by atoms with Crippen LogP contribution < -0.4 is 11.5 Å². The number of carboxylic acids is 1. The van der Waals surface area contributed by atoms with Crippen molar-refractivity contribution in [3.05, 3.63) is 29.8 Å². The van der Waals surface area contributed by atoms with Crippen molar-refractivity contribution >= 4 is 33.5 Å². The van der Waals surface area contributed by atoms with Crippen LogP contribution in [-0.4, -0.2) is 54.6 Å². The number of carbonyl (C=O) groups is 3. The summed E-state index contributed by atoms with van der Waals surface area (Å²) >= 11 is 0. The van der Waals surface area contributed by atoms with Crippen molar-refractivity contribution in [2.24, 2.45) is 22.4 Å². The molecular weight excluding hydrogens is 462 g/mol. The highest BCUT2D eigenvalue weighted by molar-refractivity contribution is 7.91. The number of Topliss-reactive ketones (excluding diaryl/α,β-unsaturated/α-hetero) is 1. The number of hydrogen-bond donors (Lipinski definition) is 3. The normalized spacial score (nSPS) is 13.5. The Morgan fingerprint density at radius 3 is 2.15 bits per heavy atom. The molecule has 0 saturated heterocycles. The highest BCUT2D eigenvalue weighted by atomic mass is 32.2. The van der Waals surface area contributed by atoms with Crippen molar-refractivity contribution in [1.82, 2.24) is 0 Å². The molecule has 0 aliphatic rings. The number of esters is 1. The lowest BCUT2D eigenvalue weighted by molar-refractivity contribution is -0.162. The van der Waals surface area contributed by atoms with Crippen LogP contribution in [0, 0.1) is 12.8 Å². The first kappa shape index (κ1) is 29.1. The van der Waals surface area contributed by atoms with Crippen LogP contribution in [0.2, 0.25) is 0 Å². The number of rotatable bonds is 13. The highest BCUT2D eigenvalue weighted by Crippen LogP contribution is 2.21. The van der Waals surface area contributed by atoms with Gasteiger partial charge in [-0.05, 0) is 65.5 Å². The van der Waals surface area contributed by atoms with E-state index in [1.165, 1.54) is 12.1 Å². The maximum Gasteiger partial charge on any atom is 0.328 e. The molecule has 0 bridgehead atoms. The van der Waals surface area contributed by atoms with Gasteiger partial charge in [-0.25, -0.2) is 18.2 Å². The summed E-state index contributed by atoms with van der Waals surface area (Å²) in [5.41, 5.74) is 10.6. The number of ketones is 1. The average molecular weight is 498 g/mol. The highest BCUT2D eigenvalue weighted by Gasteiger charge is 2.31. The SMILES string of the molecule is Cc1ccc(S(=O)(=O)CCCC(C(=O)CCCC(N=C(N)N)C(=O)O)C(=O)OC(C)(C)C)cc1. The number of sulfone groups is 1. The van der Waals surface area contributed by atoms with Crippen molar-refractivity contribution in [3.8, 4) is 0 Å². The Balaban J connectivity index is 2.85. The molecule has 34 heavy (non-hydrogen) atoms. The summed E-state index contributed by atoms with van der Waals surface area (Å²) in [6.45, 7) is 6.85. The topological polar surface area (TPSA) is 179 Å². The Bertz CT molecular complexity index is 992. The Morgan fingerprint density at radius 2 is 1.65 bits per heavy atom. The monoisotopic (exact) mass is 497 g/mol. The van der Waals surface area contributed by atoms with Gasteiger partial charge >= 0.3 is 11.9 Å². The fourth-order valence-corrected chi connectivity index (χ4v) is 4.52. The Hall–Kier alpha value is -2.95. The molecule has 1 aromatic rings. The average Bonchev–Trinajstić information content (AvgIpc) is 2.68. The molecular formula is C23H35N3O7S. The maximum atomic E-state index is 12.8. The molecule has 0 heterocycles. The van der Waals surface area contributed by atoms with E-state index in [1.54, 1.807) is 32.9 Å². The third kappa shape index (κ3) is 10.3. The third-order valence-corrected chi connectivity index (χ3v) is 6.67. The molecule has 0 fully saturated rings. The van der Waals surface area contributed by atoms with Crippen molar-refractivity contribution in [1.29, 1.82) is 0 Å². The number of nitrogens with two attached hydrogens (primary N) is 2. The van der Waals surface area contributed by atoms with Crippen molar-refractivity contribution in [2.45, 2.75) is 76.3 Å². The molecule has 0 aliphatic carbocycles. The number of aliphatic carboxylic acids is 1. The molecule has 0 saturated carbocycles. The van der Waals surface area contributed by atoms with Crippen LogP contribution >= 0.6 is 0 Å². The quantitative estimate of drug-likeness (QED) is 0.159. The van der Waals surface area contributed by atoms with Crippen LogP contribution in [0.15, 0.2) is 34.2 Å². The predicted molar refractivity (Wildman–Crippen MR) is 128 cm³/mol. The smallest absolute Gasteiger partial charge is 0.328 e. The summed E-state index contributed by atoms with van der Waals surface area (Å²) < 4.78 is 30.6. The van der Waals surface area contributed by atoms with Gasteiger partial charge in [0.1, 0.15) is 17.3 Å². The molecule has 0 aliphatic heterocycles. The molecule has 190 valence electrons. The first-order valence-corrected chi connectivity index (χ1v) is 12.6. The number of nitrogens with zero attached hydrogens (tertiary/aromatic N) is 1. The largest absolute Gasteiger partial charge is 0.480 e. The van der Waals surface area contributed by atoms with E-state index in [-0.39, 0.29) is 48.7 Å². The number of aryl methyl sites for hydroxylation is 1. The third-order valence-electron chi connectivity index (χ3n) is 4.86. The summed E-state index contributed by atoms with van der Waals surface area (Å²) in [5.74, 6) is -4.17. The molecule has 0 spiro atoms. The summed E-state index contributed by atoms with van der Waals surface area (Å²) in [5, 5.41) is 9.18. The van der Waals surface area contributed by atoms with Gasteiger partial charge in [0, 0.05) is 6.42 Å². The molecule has 5 N–H and O–H groups in total. The van der Waals surface area contributed by atoms with Gasteiger partial charge in [0.15, 0.2) is 21.8 Å². The van der Waals surface area contributed by atoms with Crippen molar-refractivity contribution < 1.29 is 32.6 Å². The Kier molecular flexibility index (Phi) is 10.7. The zero-order valence-corrected chi connectivity index (χ0v) is 20.9. The van der Waals surface area contributed by atoms with E-state index in [4.69, 9.17) is 16.2 Å². The zero-order valence-electron chi connectivity index (χ0n) is 20.1. The van der Waals surface area contributed by atoms with Crippen LogP contribution in [-0.2, 0) is 29.0 Å². The van der Waals surface area contributed by atoms with E-state index >= 15 is 0 Å². The van der Waals surface area contributed by atoms with E-state index in [1.807, 2.05) is 6.92 Å². The number of guanidine groups is 1. The van der Waals surface area contributed by atoms with Crippen LogP contribution in [0.3, 0.4) is 0 Å². The van der Waals surface area contributed by atoms with E-state index in [2.05, 4.69) is 4.99 Å². The minimum Gasteiger partial charge on any atom is -0.480 e. The second-order valence-electron chi connectivity index (χ2n) is 9.13. The van der Waals surface area contributed by atoms with Gasteiger partial charge in [-0.2, -0.15) is 0 Å². The van der Waals surface area contributed by atoms with E-state index < -0.39 is 45.1 Å². The predicted octanol–water partition coefficient (Wildman–Crippen LogP) is 1.97. The second kappa shape index (κ2) is 12.5. The molecule has 1 aromatic carbocycles. The van der Waals surface area contributed by atoms with Crippen LogP contribution in [0.5, 0.6) is 0 Å². The maximum absolute atomic E-state index is 12.8. The van der Waals surface area contributed by atoms with Crippen LogP contribution in [0.25, 0.3) is 0 Å². The summed E-state index contributed by atoms with van der Waals surface area (Å²) in [6.07, 6.45) is 0.112. The minimum absolute atomic E-state index is 0.00180. The standard InChI is InChI=1S/C23H35N3O7S/c1-15-10-12-16(13-11-15)34(31,32)14-6-7-17(21(30)33-23(2,3)4)19(27)9-5-8-18(20(28)29)26-22(24)25/h10-13,17-18H,5-9,14H2,1-4H3,(H,28,29)(H4,24,25,26). The molecule has 11 heteroatoms. The number of aliphatic imine (C=N–C) groups is 1. The lowest BCUT2D eigenvalue weighted by Crippen LogP contribution is -2.33. The molecule has 10 nitrogen and oxygen atoms in total. The number of hydrogen-bond acceptors (Lipinski definition) is 7. The zero-order chi connectivity index (χ0) is 26.1. The van der Waals surface area contributed by atoms with Crippen molar-refractivity contribution in [2.75, 3.05) is 5.75 Å². The van der Waals surface area contributed by atoms with E-state index in [0.717, 1.165) is 5.56 Å². The first-order valence-electron chi connectivity index (χ1n) is 11.0. The fourth-order valence-electron chi connectivity index (χ4n) is 3.19. The summed E-state index contributed by atoms with van der Waals surface area (Å²) in [4.78, 5) is 40.5. The molecule has 2 atom stereocenters. The summed E-state index contributed by atoms with van der Waals surface area (Å²) in [6, 6.07) is 5.25. The lowest BCUT2D eigenvalue weighted by Gasteiger charge is -2.23. The molecule has 0 aromatic heterocycles. The van der Waals surface area contributed by atoms with Gasteiger partial charge in [0.25, 0.3) is 0 Å². The van der Waals surface area contributed by atoms with Crippen LogP contribution in [0.1, 0.15) is 58.4 Å². The van der Waals surface area contributed by atoms with Crippen LogP contribution in [0.4, 0.5) is 0 Å². The number of carbonyl (C=O) groups excluding carboxylic acids is 2. The Labute approximate surface area is 200 Å². The second-order valence-corrected chi connectivity index (χ2v) is 11.2. The van der Waals surface area contributed by atoms with Gasteiger partial charge in [0.2, 0.25) is 0 Å². The fraction of sp³-hybridized carbons (Fsp3) is 0.565. The number of carboxylic acid groups (broad SMARTS) is 1. The van der Waals surface area contributed by atoms with Gasteiger partial charge < -0.3 is 21.3 Å².